The van der Waals surface area contributed by atoms with Crippen LogP contribution in [0.25, 0.3) is 0 Å². The van der Waals surface area contributed by atoms with E-state index >= 15 is 0 Å². The van der Waals surface area contributed by atoms with Gasteiger partial charge >= 0.3 is 6.01 Å². The van der Waals surface area contributed by atoms with Gasteiger partial charge in [0.05, 0.1) is 17.9 Å². The van der Waals surface area contributed by atoms with Crippen LogP contribution in [0, 0.1) is 5.92 Å². The molecule has 2 N–H and O–H groups in total. The average molecular weight is 580 g/mol. The third kappa shape index (κ3) is 7.78. The van der Waals surface area contributed by atoms with E-state index in [1.54, 1.807) is 30.9 Å². The zero-order valence-electron chi connectivity index (χ0n) is 23.5. The van der Waals surface area contributed by atoms with Crippen LogP contribution in [0.4, 0.5) is 10.8 Å². The van der Waals surface area contributed by atoms with Gasteiger partial charge in [-0.05, 0) is 42.6 Å². The number of hydrogen-bond acceptors (Lipinski definition) is 10. The number of benzene rings is 1. The number of piperidine rings is 1. The van der Waals surface area contributed by atoms with Gasteiger partial charge in [-0.2, -0.15) is 0 Å². The van der Waals surface area contributed by atoms with Crippen LogP contribution in [0.2, 0.25) is 0 Å². The molecule has 2 aromatic heterocycles. The van der Waals surface area contributed by atoms with Gasteiger partial charge in [0.1, 0.15) is 11.8 Å². The van der Waals surface area contributed by atoms with Gasteiger partial charge in [0, 0.05) is 70.4 Å². The predicted octanol–water partition coefficient (Wildman–Crippen LogP) is 3.45. The maximum Gasteiger partial charge on any atom is 0.316 e. The molecule has 0 spiro atoms. The molecular weight excluding hydrogens is 542 g/mol. The number of ether oxygens (including phenoxy) is 2. The Morgan fingerprint density at radius 3 is 2.63 bits per heavy atom. The van der Waals surface area contributed by atoms with Crippen molar-refractivity contribution in [2.45, 2.75) is 38.8 Å². The van der Waals surface area contributed by atoms with Gasteiger partial charge in [0.25, 0.3) is 11.8 Å². The Hall–Kier alpha value is -3.61. The summed E-state index contributed by atoms with van der Waals surface area (Å²) in [6.07, 6.45) is 6.18. The van der Waals surface area contributed by atoms with E-state index in [0.29, 0.717) is 42.0 Å². The monoisotopic (exact) mass is 579 g/mol. The van der Waals surface area contributed by atoms with E-state index in [9.17, 15) is 9.59 Å². The first-order valence-electron chi connectivity index (χ1n) is 14.1. The molecule has 2 saturated heterocycles. The van der Waals surface area contributed by atoms with Crippen molar-refractivity contribution >= 4 is 34.0 Å². The summed E-state index contributed by atoms with van der Waals surface area (Å²) in [6.45, 7) is 7.43. The third-order valence-electron chi connectivity index (χ3n) is 7.33. The van der Waals surface area contributed by atoms with Crippen molar-refractivity contribution in [3.8, 4) is 6.01 Å². The summed E-state index contributed by atoms with van der Waals surface area (Å²) in [5.41, 5.74) is 2.25. The number of anilines is 2. The van der Waals surface area contributed by atoms with Gasteiger partial charge < -0.3 is 25.0 Å². The Labute approximate surface area is 244 Å². The zero-order chi connectivity index (χ0) is 28.6. The lowest BCUT2D eigenvalue weighted by atomic mass is 10.1. The molecule has 0 aliphatic carbocycles. The van der Waals surface area contributed by atoms with Gasteiger partial charge in [-0.1, -0.05) is 13.0 Å². The number of carbonyl (C=O) groups is 2. The number of amides is 2. The highest BCUT2D eigenvalue weighted by atomic mass is 32.1. The van der Waals surface area contributed by atoms with E-state index in [-0.39, 0.29) is 17.9 Å². The van der Waals surface area contributed by atoms with E-state index in [1.165, 1.54) is 17.8 Å². The number of likely N-dealkylation sites (tertiary alicyclic amines) is 1. The fourth-order valence-electron chi connectivity index (χ4n) is 5.14. The minimum atomic E-state index is -0.348. The van der Waals surface area contributed by atoms with Crippen LogP contribution in [0.15, 0.2) is 42.0 Å². The standard InChI is InChI=1S/C29H37N7O4S/c1-20-6-12-35(17-20)18-21-4-5-24(23(16-21)26(37)30-11-15-39-2)33-27(38)25-19-41-29(34-25)36-13-7-22(8-14-36)40-28-31-9-3-10-32-28/h3-5,9-10,16,19-20,22H,6-8,11-15,17-18H2,1-2H3,(H,30,37)(H,33,38)/t20-/m1/s1. The van der Waals surface area contributed by atoms with Crippen LogP contribution in [0.3, 0.4) is 0 Å². The molecule has 41 heavy (non-hydrogen) atoms. The molecule has 1 atom stereocenters. The first kappa shape index (κ1) is 28.9. The first-order valence-corrected chi connectivity index (χ1v) is 14.9. The Balaban J connectivity index is 1.22. The maximum absolute atomic E-state index is 13.2. The van der Waals surface area contributed by atoms with E-state index in [2.05, 4.69) is 42.3 Å². The first-order chi connectivity index (χ1) is 20.0. The number of methoxy groups -OCH3 is 1. The SMILES string of the molecule is COCCNC(=O)c1cc(CN2CC[C@@H](C)C2)ccc1NC(=O)c1csc(N2CCC(Oc3ncccn3)CC2)n1. The smallest absolute Gasteiger partial charge is 0.316 e. The van der Waals surface area contributed by atoms with E-state index in [1.807, 2.05) is 18.2 Å². The Bertz CT molecular complexity index is 1310. The number of nitrogens with zero attached hydrogens (tertiary/aromatic N) is 5. The van der Waals surface area contributed by atoms with Crippen molar-refractivity contribution in [2.24, 2.45) is 5.92 Å². The van der Waals surface area contributed by atoms with Gasteiger partial charge in [0.2, 0.25) is 0 Å². The molecule has 3 aromatic rings. The van der Waals surface area contributed by atoms with E-state index in [4.69, 9.17) is 9.47 Å². The highest BCUT2D eigenvalue weighted by Gasteiger charge is 2.25. The molecular formula is C29H37N7O4S. The third-order valence-corrected chi connectivity index (χ3v) is 8.24. The summed E-state index contributed by atoms with van der Waals surface area (Å²) in [5.74, 6) is 0.0786. The molecule has 0 bridgehead atoms. The maximum atomic E-state index is 13.2. The molecule has 1 aromatic carbocycles. The quantitative estimate of drug-likeness (QED) is 0.329. The van der Waals surface area contributed by atoms with E-state index in [0.717, 1.165) is 56.3 Å². The molecule has 4 heterocycles. The van der Waals surface area contributed by atoms with Crippen LogP contribution < -0.4 is 20.3 Å². The van der Waals surface area contributed by atoms with Crippen molar-refractivity contribution < 1.29 is 19.1 Å². The minimum absolute atomic E-state index is 0.0432. The van der Waals surface area contributed by atoms with Crippen LogP contribution in [-0.4, -0.2) is 84.2 Å². The number of thiazole rings is 1. The van der Waals surface area contributed by atoms with Gasteiger partial charge in [-0.25, -0.2) is 15.0 Å². The highest BCUT2D eigenvalue weighted by molar-refractivity contribution is 7.14. The molecule has 2 aliphatic rings. The number of nitrogens with one attached hydrogen (secondary N) is 2. The molecule has 218 valence electrons. The van der Waals surface area contributed by atoms with Gasteiger partial charge in [0.15, 0.2) is 5.13 Å². The highest BCUT2D eigenvalue weighted by Crippen LogP contribution is 2.27. The van der Waals surface area contributed by atoms with Crippen LogP contribution in [-0.2, 0) is 11.3 Å². The molecule has 5 rings (SSSR count). The summed E-state index contributed by atoms with van der Waals surface area (Å²) in [5, 5.41) is 8.35. The van der Waals surface area contributed by atoms with Crippen molar-refractivity contribution in [2.75, 3.05) is 56.7 Å². The van der Waals surface area contributed by atoms with Crippen LogP contribution in [0.5, 0.6) is 6.01 Å². The molecule has 2 aliphatic heterocycles. The molecule has 2 fully saturated rings. The molecule has 12 heteroatoms. The summed E-state index contributed by atoms with van der Waals surface area (Å²) < 4.78 is 11.0. The number of carbonyl (C=O) groups excluding carboxylic acids is 2. The molecule has 0 radical (unpaired) electrons. The second-order valence-corrected chi connectivity index (χ2v) is 11.4. The van der Waals surface area contributed by atoms with E-state index < -0.39 is 0 Å². The minimum Gasteiger partial charge on any atom is -0.460 e. The largest absolute Gasteiger partial charge is 0.460 e. The van der Waals surface area contributed by atoms with Crippen molar-refractivity contribution in [1.82, 2.24) is 25.2 Å². The van der Waals surface area contributed by atoms with Crippen LogP contribution >= 0.6 is 11.3 Å². The van der Waals surface area contributed by atoms with Gasteiger partial charge in [-0.3, -0.25) is 14.5 Å². The molecule has 0 saturated carbocycles. The van der Waals surface area contributed by atoms with Crippen molar-refractivity contribution in [3.05, 3.63) is 58.9 Å². The van der Waals surface area contributed by atoms with Crippen molar-refractivity contribution in [1.29, 1.82) is 0 Å². The van der Waals surface area contributed by atoms with Gasteiger partial charge in [-0.15, -0.1) is 11.3 Å². The second-order valence-electron chi connectivity index (χ2n) is 10.6. The van der Waals surface area contributed by atoms with Crippen LogP contribution in [0.1, 0.15) is 52.6 Å². The lowest BCUT2D eigenvalue weighted by Gasteiger charge is -2.31. The normalized spacial score (nSPS) is 17.9. The number of rotatable bonds is 11. The number of hydrogen-bond donors (Lipinski definition) is 2. The fourth-order valence-corrected chi connectivity index (χ4v) is 6.00. The lowest BCUT2D eigenvalue weighted by molar-refractivity contribution is 0.0937. The second kappa shape index (κ2) is 13.8. The lowest BCUT2D eigenvalue weighted by Crippen LogP contribution is -2.38. The summed E-state index contributed by atoms with van der Waals surface area (Å²) in [6, 6.07) is 7.82. The van der Waals surface area contributed by atoms with Crippen molar-refractivity contribution in [3.63, 3.8) is 0 Å². The predicted molar refractivity (Wildman–Crippen MR) is 158 cm³/mol. The topological polar surface area (TPSA) is 122 Å². The molecule has 2 amide bonds. The summed E-state index contributed by atoms with van der Waals surface area (Å²) in [4.78, 5) is 43.7. The zero-order valence-corrected chi connectivity index (χ0v) is 24.4. The molecule has 11 nitrogen and oxygen atoms in total. The fraction of sp³-hybridized carbons (Fsp3) is 0.483. The Kier molecular flexibility index (Phi) is 9.75. The average Bonchev–Trinajstić information content (AvgIpc) is 3.64. The summed E-state index contributed by atoms with van der Waals surface area (Å²) >= 11 is 1.43. The molecule has 0 unspecified atom stereocenters. The number of aromatic nitrogens is 3. The Morgan fingerprint density at radius 1 is 1.10 bits per heavy atom. The summed E-state index contributed by atoms with van der Waals surface area (Å²) in [7, 11) is 1.59. The Morgan fingerprint density at radius 2 is 1.90 bits per heavy atom.